The van der Waals surface area contributed by atoms with Gasteiger partial charge in [-0.05, 0) is 24.3 Å². The molecule has 2 aliphatic rings. The topological polar surface area (TPSA) is 78.0 Å². The molecule has 2 aliphatic heterocycles. The Morgan fingerprint density at radius 2 is 1.42 bits per heavy atom. The second-order valence-electron chi connectivity index (χ2n) is 6.16. The predicted molar refractivity (Wildman–Crippen MR) is 94.0 cm³/mol. The molecule has 4 rings (SSSR count). The van der Waals surface area contributed by atoms with Crippen molar-refractivity contribution < 1.29 is 19.2 Å². The molecule has 0 bridgehead atoms. The summed E-state index contributed by atoms with van der Waals surface area (Å²) in [5.74, 6) is -1.70. The second kappa shape index (κ2) is 5.80. The summed E-state index contributed by atoms with van der Waals surface area (Å²) < 4.78 is 0. The van der Waals surface area contributed by atoms with Crippen molar-refractivity contribution in [3.8, 4) is 0 Å². The van der Waals surface area contributed by atoms with Crippen LogP contribution in [0.4, 0.5) is 11.4 Å². The van der Waals surface area contributed by atoms with E-state index in [4.69, 9.17) is 0 Å². The molecule has 4 amide bonds. The molecule has 0 N–H and O–H groups in total. The van der Waals surface area contributed by atoms with Gasteiger partial charge in [-0.2, -0.15) is 0 Å². The number of hydrogen-bond donors (Lipinski definition) is 0. The molecule has 2 heterocycles. The molecule has 7 nitrogen and oxygen atoms in total. The van der Waals surface area contributed by atoms with E-state index < -0.39 is 24.3 Å². The number of carbonyl (C=O) groups excluding carboxylic acids is 4. The van der Waals surface area contributed by atoms with Crippen molar-refractivity contribution in [2.24, 2.45) is 0 Å². The molecule has 0 radical (unpaired) electrons. The fourth-order valence-corrected chi connectivity index (χ4v) is 3.26. The van der Waals surface area contributed by atoms with E-state index in [-0.39, 0.29) is 12.5 Å². The second-order valence-corrected chi connectivity index (χ2v) is 6.16. The SMILES string of the molecule is CN1C(=O)CN(C(=O)CN2C(=O)c3ccccc3C2=O)c2ccccc21. The molecule has 0 saturated heterocycles. The van der Waals surface area contributed by atoms with E-state index in [2.05, 4.69) is 0 Å². The number of benzene rings is 2. The van der Waals surface area contributed by atoms with E-state index in [0.29, 0.717) is 22.5 Å². The van der Waals surface area contributed by atoms with E-state index >= 15 is 0 Å². The van der Waals surface area contributed by atoms with Gasteiger partial charge in [0.25, 0.3) is 11.8 Å². The maximum Gasteiger partial charge on any atom is 0.262 e. The van der Waals surface area contributed by atoms with Gasteiger partial charge in [-0.25, -0.2) is 0 Å². The highest BCUT2D eigenvalue weighted by atomic mass is 16.2. The maximum atomic E-state index is 12.8. The summed E-state index contributed by atoms with van der Waals surface area (Å²) in [6.07, 6.45) is 0. The number of fused-ring (bicyclic) bond motifs is 2. The van der Waals surface area contributed by atoms with Crippen LogP contribution in [0.25, 0.3) is 0 Å². The summed E-state index contributed by atoms with van der Waals surface area (Å²) in [6, 6.07) is 13.5. The van der Waals surface area contributed by atoms with Crippen molar-refractivity contribution in [1.29, 1.82) is 0 Å². The molecule has 0 saturated carbocycles. The number of rotatable bonds is 2. The number of hydrogen-bond acceptors (Lipinski definition) is 4. The summed E-state index contributed by atoms with van der Waals surface area (Å²) in [4.78, 5) is 53.7. The molecular weight excluding hydrogens is 334 g/mol. The highest BCUT2D eigenvalue weighted by Crippen LogP contribution is 2.32. The molecule has 130 valence electrons. The van der Waals surface area contributed by atoms with Gasteiger partial charge in [0.05, 0.1) is 22.5 Å². The largest absolute Gasteiger partial charge is 0.312 e. The lowest BCUT2D eigenvalue weighted by molar-refractivity contribution is -0.122. The minimum absolute atomic E-state index is 0.129. The molecule has 2 aromatic rings. The first-order valence-electron chi connectivity index (χ1n) is 8.10. The number of anilines is 2. The van der Waals surface area contributed by atoms with Crippen LogP contribution in [-0.4, -0.2) is 48.7 Å². The van der Waals surface area contributed by atoms with Crippen LogP contribution in [0.5, 0.6) is 0 Å². The molecule has 0 atom stereocenters. The third kappa shape index (κ3) is 2.28. The van der Waals surface area contributed by atoms with Crippen molar-refractivity contribution in [2.45, 2.75) is 0 Å². The Labute approximate surface area is 149 Å². The highest BCUT2D eigenvalue weighted by molar-refractivity contribution is 6.23. The Morgan fingerprint density at radius 1 is 0.885 bits per heavy atom. The third-order valence-electron chi connectivity index (χ3n) is 4.67. The highest BCUT2D eigenvalue weighted by Gasteiger charge is 2.38. The first-order chi connectivity index (χ1) is 12.5. The Morgan fingerprint density at radius 3 is 2.04 bits per heavy atom. The van der Waals surface area contributed by atoms with Gasteiger partial charge < -0.3 is 4.90 Å². The normalized spacial score (nSPS) is 16.0. The fraction of sp³-hybridized carbons (Fsp3) is 0.158. The number of para-hydroxylation sites is 2. The van der Waals surface area contributed by atoms with E-state index in [9.17, 15) is 19.2 Å². The van der Waals surface area contributed by atoms with Crippen LogP contribution in [0, 0.1) is 0 Å². The van der Waals surface area contributed by atoms with Crippen LogP contribution in [0.3, 0.4) is 0 Å². The number of imide groups is 1. The summed E-state index contributed by atoms with van der Waals surface area (Å²) in [5.41, 5.74) is 1.77. The molecule has 26 heavy (non-hydrogen) atoms. The van der Waals surface area contributed by atoms with Gasteiger partial charge in [0.15, 0.2) is 0 Å². The van der Waals surface area contributed by atoms with E-state index in [0.717, 1.165) is 4.90 Å². The monoisotopic (exact) mass is 349 g/mol. The summed E-state index contributed by atoms with van der Waals surface area (Å²) >= 11 is 0. The number of carbonyl (C=O) groups is 4. The Kier molecular flexibility index (Phi) is 3.57. The quantitative estimate of drug-likeness (QED) is 0.766. The Hall–Kier alpha value is -3.48. The van der Waals surface area contributed by atoms with Crippen LogP contribution in [0.2, 0.25) is 0 Å². The molecule has 2 aromatic carbocycles. The van der Waals surface area contributed by atoms with Crippen molar-refractivity contribution in [2.75, 3.05) is 29.9 Å². The van der Waals surface area contributed by atoms with Gasteiger partial charge in [0.1, 0.15) is 13.1 Å². The van der Waals surface area contributed by atoms with Crippen molar-refractivity contribution in [3.63, 3.8) is 0 Å². The standard InChI is InChI=1S/C19H15N3O4/c1-20-14-8-4-5-9-15(14)21(10-16(20)23)17(24)11-22-18(25)12-6-2-3-7-13(12)19(22)26/h2-9H,10-11H2,1H3. The number of nitrogens with zero attached hydrogens (tertiary/aromatic N) is 3. The van der Waals surface area contributed by atoms with Gasteiger partial charge in [-0.3, -0.25) is 29.0 Å². The molecule has 0 aliphatic carbocycles. The van der Waals surface area contributed by atoms with Gasteiger partial charge in [0.2, 0.25) is 11.8 Å². The average molecular weight is 349 g/mol. The first-order valence-corrected chi connectivity index (χ1v) is 8.10. The average Bonchev–Trinajstić information content (AvgIpc) is 2.90. The fourth-order valence-electron chi connectivity index (χ4n) is 3.26. The first kappa shape index (κ1) is 16.0. The zero-order valence-electron chi connectivity index (χ0n) is 14.0. The smallest absolute Gasteiger partial charge is 0.262 e. The molecular formula is C19H15N3O4. The minimum atomic E-state index is -0.493. The Bertz CT molecular complexity index is 934. The van der Waals surface area contributed by atoms with E-state index in [1.807, 2.05) is 0 Å². The van der Waals surface area contributed by atoms with Crippen LogP contribution in [-0.2, 0) is 9.59 Å². The molecule has 0 unspecified atom stereocenters. The van der Waals surface area contributed by atoms with Crippen LogP contribution < -0.4 is 9.80 Å². The lowest BCUT2D eigenvalue weighted by Gasteiger charge is -2.34. The van der Waals surface area contributed by atoms with Gasteiger partial charge in [0, 0.05) is 7.05 Å². The molecule has 7 heteroatoms. The molecule has 0 aromatic heterocycles. The summed E-state index contributed by atoms with van der Waals surface area (Å²) in [5, 5.41) is 0. The predicted octanol–water partition coefficient (Wildman–Crippen LogP) is 1.29. The lowest BCUT2D eigenvalue weighted by Crippen LogP contribution is -2.50. The zero-order chi connectivity index (χ0) is 18.4. The third-order valence-corrected chi connectivity index (χ3v) is 4.67. The zero-order valence-corrected chi connectivity index (χ0v) is 14.0. The van der Waals surface area contributed by atoms with Crippen LogP contribution >= 0.6 is 0 Å². The number of amides is 4. The summed E-state index contributed by atoms with van der Waals surface area (Å²) in [6.45, 7) is -0.535. The lowest BCUT2D eigenvalue weighted by atomic mass is 10.1. The van der Waals surface area contributed by atoms with Crippen LogP contribution in [0.15, 0.2) is 48.5 Å². The Balaban J connectivity index is 1.62. The van der Waals surface area contributed by atoms with Crippen LogP contribution in [0.1, 0.15) is 20.7 Å². The maximum absolute atomic E-state index is 12.8. The van der Waals surface area contributed by atoms with E-state index in [1.165, 1.54) is 9.80 Å². The van der Waals surface area contributed by atoms with Crippen molar-refractivity contribution >= 4 is 35.0 Å². The summed E-state index contributed by atoms with van der Waals surface area (Å²) in [7, 11) is 1.65. The van der Waals surface area contributed by atoms with Gasteiger partial charge in [-0.1, -0.05) is 24.3 Å². The molecule has 0 spiro atoms. The number of likely N-dealkylation sites (N-methyl/N-ethyl adjacent to an activating group) is 1. The molecule has 0 fully saturated rings. The van der Waals surface area contributed by atoms with Gasteiger partial charge >= 0.3 is 0 Å². The minimum Gasteiger partial charge on any atom is -0.312 e. The van der Waals surface area contributed by atoms with Gasteiger partial charge in [-0.15, -0.1) is 0 Å². The van der Waals surface area contributed by atoms with Crippen molar-refractivity contribution in [1.82, 2.24) is 4.90 Å². The van der Waals surface area contributed by atoms with E-state index in [1.54, 1.807) is 55.6 Å². The van der Waals surface area contributed by atoms with Crippen molar-refractivity contribution in [3.05, 3.63) is 59.7 Å².